The van der Waals surface area contributed by atoms with E-state index in [0.29, 0.717) is 17.8 Å². The molecular formula is C24H39NO3. The fraction of sp³-hybridized carbons (Fsp3) is 0.833. The van der Waals surface area contributed by atoms with Gasteiger partial charge < -0.3 is 19.8 Å². The summed E-state index contributed by atoms with van der Waals surface area (Å²) in [6, 6.07) is 0. The third-order valence-electron chi connectivity index (χ3n) is 7.76. The van der Waals surface area contributed by atoms with E-state index in [1.54, 1.807) is 0 Å². The lowest BCUT2D eigenvalue weighted by molar-refractivity contribution is 0.132. The Morgan fingerprint density at radius 3 is 2.68 bits per heavy atom. The number of hydrogen-bond acceptors (Lipinski definition) is 4. The number of nitrogens with zero attached hydrogens (tertiary/aromatic N) is 1. The number of rotatable bonds is 8. The van der Waals surface area contributed by atoms with Crippen LogP contribution >= 0.6 is 0 Å². The number of aliphatic hydroxyl groups excluding tert-OH is 2. The van der Waals surface area contributed by atoms with Gasteiger partial charge in [-0.1, -0.05) is 36.6 Å². The molecular weight excluding hydrogens is 350 g/mol. The molecule has 3 saturated carbocycles. The van der Waals surface area contributed by atoms with Gasteiger partial charge in [0.1, 0.15) is 0 Å². The van der Waals surface area contributed by atoms with Crippen molar-refractivity contribution in [2.75, 3.05) is 32.8 Å². The van der Waals surface area contributed by atoms with Crippen molar-refractivity contribution in [3.63, 3.8) is 0 Å². The second kappa shape index (κ2) is 9.88. The summed E-state index contributed by atoms with van der Waals surface area (Å²) in [5.74, 6) is 1.78. The predicted molar refractivity (Wildman–Crippen MR) is 112 cm³/mol. The quantitative estimate of drug-likeness (QED) is 0.492. The van der Waals surface area contributed by atoms with Crippen molar-refractivity contribution >= 4 is 0 Å². The molecule has 0 amide bonds. The molecule has 5 atom stereocenters. The summed E-state index contributed by atoms with van der Waals surface area (Å²) in [7, 11) is 0. The average molecular weight is 390 g/mol. The minimum absolute atomic E-state index is 0.211. The molecule has 4 heteroatoms. The minimum Gasteiger partial charge on any atom is -0.392 e. The molecule has 1 saturated heterocycles. The van der Waals surface area contributed by atoms with Gasteiger partial charge in [0, 0.05) is 12.5 Å². The van der Waals surface area contributed by atoms with Crippen molar-refractivity contribution < 1.29 is 14.9 Å². The van der Waals surface area contributed by atoms with Crippen molar-refractivity contribution in [3.8, 4) is 0 Å². The lowest BCUT2D eigenvalue weighted by atomic mass is 9.89. The summed E-state index contributed by atoms with van der Waals surface area (Å²) in [6.45, 7) is 5.10. The van der Waals surface area contributed by atoms with Gasteiger partial charge in [0.25, 0.3) is 0 Å². The molecule has 0 aromatic carbocycles. The molecule has 28 heavy (non-hydrogen) atoms. The van der Waals surface area contributed by atoms with E-state index in [0.717, 1.165) is 51.9 Å². The molecule has 4 rings (SSSR count). The van der Waals surface area contributed by atoms with E-state index in [-0.39, 0.29) is 18.1 Å². The van der Waals surface area contributed by atoms with Crippen LogP contribution in [0.25, 0.3) is 0 Å². The Balaban J connectivity index is 1.22. The zero-order valence-electron chi connectivity index (χ0n) is 17.3. The molecule has 158 valence electrons. The molecule has 0 spiro atoms. The molecule has 0 aromatic rings. The van der Waals surface area contributed by atoms with E-state index in [2.05, 4.69) is 17.1 Å². The lowest BCUT2D eigenvalue weighted by Gasteiger charge is -2.19. The Hall–Kier alpha value is -0.680. The largest absolute Gasteiger partial charge is 0.392 e. The molecule has 2 N–H and O–H groups in total. The summed E-state index contributed by atoms with van der Waals surface area (Å²) in [6.07, 6.45) is 16.5. The Kier molecular flexibility index (Phi) is 7.27. The summed E-state index contributed by atoms with van der Waals surface area (Å²) in [5, 5.41) is 21.0. The van der Waals surface area contributed by atoms with Crippen molar-refractivity contribution in [2.45, 2.75) is 70.0 Å². The van der Waals surface area contributed by atoms with E-state index < -0.39 is 0 Å². The number of fused-ring (bicyclic) bond motifs is 1. The first-order valence-corrected chi connectivity index (χ1v) is 11.7. The predicted octanol–water partition coefficient (Wildman–Crippen LogP) is 3.54. The lowest BCUT2D eigenvalue weighted by Crippen LogP contribution is -2.24. The zero-order chi connectivity index (χ0) is 19.3. The van der Waals surface area contributed by atoms with Gasteiger partial charge in [-0.05, 0) is 75.8 Å². The van der Waals surface area contributed by atoms with E-state index in [9.17, 15) is 10.2 Å². The highest BCUT2D eigenvalue weighted by Gasteiger charge is 2.45. The normalized spacial score (nSPS) is 36.9. The SMILES string of the molecule is O[C@H](C=C[C@@H]1[C@H]2CC(=CCOCCN3CCCC3)C[C@H]2C[C@H]1O)C1CCCC1. The minimum atomic E-state index is -0.325. The smallest absolute Gasteiger partial charge is 0.0749 e. The first kappa shape index (κ1) is 20.6. The van der Waals surface area contributed by atoms with Crippen LogP contribution < -0.4 is 0 Å². The second-order valence-corrected chi connectivity index (χ2v) is 9.62. The van der Waals surface area contributed by atoms with E-state index >= 15 is 0 Å². The van der Waals surface area contributed by atoms with Gasteiger partial charge in [0.2, 0.25) is 0 Å². The highest BCUT2D eigenvalue weighted by atomic mass is 16.5. The molecule has 0 aromatic heterocycles. The number of likely N-dealkylation sites (tertiary alicyclic amines) is 1. The number of allylic oxidation sites excluding steroid dienone is 1. The van der Waals surface area contributed by atoms with Crippen LogP contribution in [0.15, 0.2) is 23.8 Å². The molecule has 4 aliphatic rings. The average Bonchev–Trinajstić information content (AvgIpc) is 3.46. The fourth-order valence-electron chi connectivity index (χ4n) is 6.10. The molecule has 0 bridgehead atoms. The Bertz CT molecular complexity index is 548. The Labute approximate surface area is 170 Å². The van der Waals surface area contributed by atoms with Crippen LogP contribution in [0.4, 0.5) is 0 Å². The zero-order valence-corrected chi connectivity index (χ0v) is 17.3. The highest BCUT2D eigenvalue weighted by Crippen LogP contribution is 2.50. The fourth-order valence-corrected chi connectivity index (χ4v) is 6.10. The Morgan fingerprint density at radius 2 is 1.89 bits per heavy atom. The van der Waals surface area contributed by atoms with Gasteiger partial charge in [-0.25, -0.2) is 0 Å². The highest BCUT2D eigenvalue weighted by molar-refractivity contribution is 5.18. The summed E-state index contributed by atoms with van der Waals surface area (Å²) in [4.78, 5) is 2.49. The van der Waals surface area contributed by atoms with Crippen molar-refractivity contribution in [2.24, 2.45) is 23.7 Å². The van der Waals surface area contributed by atoms with E-state index in [4.69, 9.17) is 4.74 Å². The Morgan fingerprint density at radius 1 is 1.11 bits per heavy atom. The maximum absolute atomic E-state index is 10.5. The van der Waals surface area contributed by atoms with Gasteiger partial charge in [-0.15, -0.1) is 0 Å². The molecule has 0 radical (unpaired) electrons. The molecule has 1 aliphatic heterocycles. The van der Waals surface area contributed by atoms with Gasteiger partial charge >= 0.3 is 0 Å². The molecule has 1 heterocycles. The molecule has 0 unspecified atom stereocenters. The first-order valence-electron chi connectivity index (χ1n) is 11.7. The second-order valence-electron chi connectivity index (χ2n) is 9.62. The maximum Gasteiger partial charge on any atom is 0.0749 e. The van der Waals surface area contributed by atoms with Crippen LogP contribution in [0.2, 0.25) is 0 Å². The van der Waals surface area contributed by atoms with E-state index in [1.165, 1.54) is 44.3 Å². The van der Waals surface area contributed by atoms with Crippen LogP contribution in [0, 0.1) is 23.7 Å². The maximum atomic E-state index is 10.5. The van der Waals surface area contributed by atoms with Crippen LogP contribution in [0.5, 0.6) is 0 Å². The summed E-state index contributed by atoms with van der Waals surface area (Å²) in [5.41, 5.74) is 1.51. The number of ether oxygens (including phenoxy) is 1. The van der Waals surface area contributed by atoms with Gasteiger partial charge in [0.15, 0.2) is 0 Å². The van der Waals surface area contributed by atoms with Crippen LogP contribution in [-0.4, -0.2) is 60.2 Å². The van der Waals surface area contributed by atoms with Crippen molar-refractivity contribution in [1.29, 1.82) is 0 Å². The van der Waals surface area contributed by atoms with Gasteiger partial charge in [0.05, 0.1) is 25.4 Å². The number of hydrogen-bond donors (Lipinski definition) is 2. The van der Waals surface area contributed by atoms with Crippen LogP contribution in [0.3, 0.4) is 0 Å². The van der Waals surface area contributed by atoms with Crippen LogP contribution in [0.1, 0.15) is 57.8 Å². The molecule has 3 aliphatic carbocycles. The standard InChI is InChI=1S/C24H39NO3/c26-23(19-5-1-2-6-19)8-7-21-22-16-18(15-20(22)17-24(21)27)9-13-28-14-12-25-10-3-4-11-25/h7-9,19-24,26-27H,1-6,10-17H2/t20-,21+,22-,23+,24+/m0/s1. The van der Waals surface area contributed by atoms with Crippen molar-refractivity contribution in [3.05, 3.63) is 23.8 Å². The third kappa shape index (κ3) is 5.08. The topological polar surface area (TPSA) is 52.9 Å². The summed E-state index contributed by atoms with van der Waals surface area (Å²) >= 11 is 0. The molecule has 4 nitrogen and oxygen atoms in total. The van der Waals surface area contributed by atoms with Crippen molar-refractivity contribution in [1.82, 2.24) is 4.90 Å². The van der Waals surface area contributed by atoms with Gasteiger partial charge in [-0.2, -0.15) is 0 Å². The number of aliphatic hydroxyl groups is 2. The monoisotopic (exact) mass is 389 g/mol. The third-order valence-corrected chi connectivity index (χ3v) is 7.76. The van der Waals surface area contributed by atoms with Crippen LogP contribution in [-0.2, 0) is 4.74 Å². The first-order chi connectivity index (χ1) is 13.7. The van der Waals surface area contributed by atoms with Gasteiger partial charge in [-0.3, -0.25) is 0 Å². The summed E-state index contributed by atoms with van der Waals surface area (Å²) < 4.78 is 5.85. The molecule has 4 fully saturated rings. The van der Waals surface area contributed by atoms with E-state index in [1.807, 2.05) is 6.08 Å².